The number of fused-ring (bicyclic) bond motifs is 1. The maximum Gasteiger partial charge on any atom is 0.225 e. The van der Waals surface area contributed by atoms with Gasteiger partial charge in [0.1, 0.15) is 0 Å². The lowest BCUT2D eigenvalue weighted by atomic mass is 9.83. The van der Waals surface area contributed by atoms with Gasteiger partial charge in [0.15, 0.2) is 0 Å². The van der Waals surface area contributed by atoms with Crippen LogP contribution in [0.15, 0.2) is 73.1 Å². The van der Waals surface area contributed by atoms with Gasteiger partial charge in [0.05, 0.1) is 0 Å². The number of carbonyl (C=O) groups excluding carboxylic acids is 1. The van der Waals surface area contributed by atoms with Gasteiger partial charge in [-0.1, -0.05) is 51.1 Å². The van der Waals surface area contributed by atoms with E-state index in [0.29, 0.717) is 6.42 Å². The van der Waals surface area contributed by atoms with Crippen LogP contribution >= 0.6 is 0 Å². The summed E-state index contributed by atoms with van der Waals surface area (Å²) in [6.07, 6.45) is 4.14. The second-order valence-corrected chi connectivity index (χ2v) is 9.19. The van der Waals surface area contributed by atoms with Crippen LogP contribution in [0, 0.1) is 6.92 Å². The fourth-order valence-corrected chi connectivity index (χ4v) is 3.86. The number of nitrogens with zero attached hydrogens (tertiary/aromatic N) is 1. The number of aromatic amines is 1. The van der Waals surface area contributed by atoms with E-state index >= 15 is 0 Å². The van der Waals surface area contributed by atoms with Gasteiger partial charge in [-0.05, 0) is 59.4 Å². The summed E-state index contributed by atoms with van der Waals surface area (Å²) in [7, 11) is 0. The SMILES string of the molecule is Cc1ccc(C(CC(=O)Nc2ccc3[nH]ccc3c2)c2ccc(C(C)(C)C)cc2)cn1. The average molecular weight is 412 g/mol. The molecule has 4 heteroatoms. The first-order chi connectivity index (χ1) is 14.8. The number of pyridine rings is 1. The highest BCUT2D eigenvalue weighted by molar-refractivity contribution is 5.94. The number of nitrogens with one attached hydrogen (secondary N) is 2. The lowest BCUT2D eigenvalue weighted by Gasteiger charge is -2.22. The van der Waals surface area contributed by atoms with E-state index in [4.69, 9.17) is 0 Å². The third-order valence-electron chi connectivity index (χ3n) is 5.74. The number of H-pyrrole nitrogens is 1. The molecular weight excluding hydrogens is 382 g/mol. The van der Waals surface area contributed by atoms with Crippen LogP contribution in [0.1, 0.15) is 55.5 Å². The van der Waals surface area contributed by atoms with Crippen molar-refractivity contribution >= 4 is 22.5 Å². The molecule has 0 radical (unpaired) electrons. The zero-order valence-corrected chi connectivity index (χ0v) is 18.6. The zero-order valence-electron chi connectivity index (χ0n) is 18.6. The monoisotopic (exact) mass is 411 g/mol. The minimum absolute atomic E-state index is 0.0136. The van der Waals surface area contributed by atoms with Crippen LogP contribution in [0.3, 0.4) is 0 Å². The smallest absolute Gasteiger partial charge is 0.225 e. The van der Waals surface area contributed by atoms with Crippen LogP contribution in [0.25, 0.3) is 10.9 Å². The molecule has 1 atom stereocenters. The largest absolute Gasteiger partial charge is 0.361 e. The quantitative estimate of drug-likeness (QED) is 0.403. The van der Waals surface area contributed by atoms with E-state index in [2.05, 4.69) is 66.4 Å². The summed E-state index contributed by atoms with van der Waals surface area (Å²) in [5.74, 6) is -0.0709. The average Bonchev–Trinajstić information content (AvgIpc) is 3.20. The Bertz CT molecular complexity index is 1180. The second-order valence-electron chi connectivity index (χ2n) is 9.19. The van der Waals surface area contributed by atoms with Crippen LogP contribution in [0.2, 0.25) is 0 Å². The van der Waals surface area contributed by atoms with Crippen molar-refractivity contribution in [2.24, 2.45) is 0 Å². The summed E-state index contributed by atoms with van der Waals surface area (Å²) >= 11 is 0. The maximum absolute atomic E-state index is 13.0. The van der Waals surface area contributed by atoms with Crippen LogP contribution in [0.4, 0.5) is 5.69 Å². The number of hydrogen-bond donors (Lipinski definition) is 2. The number of amides is 1. The number of aromatic nitrogens is 2. The molecule has 1 unspecified atom stereocenters. The fraction of sp³-hybridized carbons (Fsp3) is 0.259. The molecule has 2 N–H and O–H groups in total. The Morgan fingerprint density at radius 3 is 2.42 bits per heavy atom. The van der Waals surface area contributed by atoms with E-state index in [0.717, 1.165) is 33.4 Å². The molecule has 1 amide bonds. The molecule has 4 aromatic rings. The summed E-state index contributed by atoms with van der Waals surface area (Å²) in [6, 6.07) is 20.6. The van der Waals surface area contributed by atoms with Gasteiger partial charge in [0.25, 0.3) is 0 Å². The van der Waals surface area contributed by atoms with Crippen LogP contribution < -0.4 is 5.32 Å². The molecular formula is C27H29N3O. The van der Waals surface area contributed by atoms with Crippen molar-refractivity contribution in [2.75, 3.05) is 5.32 Å². The third-order valence-corrected chi connectivity index (χ3v) is 5.74. The van der Waals surface area contributed by atoms with Gasteiger partial charge in [0.2, 0.25) is 5.91 Å². The highest BCUT2D eigenvalue weighted by Crippen LogP contribution is 2.31. The number of carbonyl (C=O) groups is 1. The number of hydrogen-bond acceptors (Lipinski definition) is 2. The summed E-state index contributed by atoms with van der Waals surface area (Å²) in [6.45, 7) is 8.59. The fourth-order valence-electron chi connectivity index (χ4n) is 3.86. The number of aryl methyl sites for hydroxylation is 1. The number of anilines is 1. The van der Waals surface area contributed by atoms with Gasteiger partial charge < -0.3 is 10.3 Å². The molecule has 4 nitrogen and oxygen atoms in total. The Morgan fingerprint density at radius 2 is 1.74 bits per heavy atom. The predicted octanol–water partition coefficient (Wildman–Crippen LogP) is 6.33. The third kappa shape index (κ3) is 4.85. The summed E-state index contributed by atoms with van der Waals surface area (Å²) in [4.78, 5) is 20.6. The summed E-state index contributed by atoms with van der Waals surface area (Å²) in [5, 5.41) is 4.15. The van der Waals surface area contributed by atoms with E-state index in [1.165, 1.54) is 5.56 Å². The Morgan fingerprint density at radius 1 is 1.00 bits per heavy atom. The Balaban J connectivity index is 1.59. The molecule has 0 saturated heterocycles. The van der Waals surface area contributed by atoms with Gasteiger partial charge in [-0.3, -0.25) is 9.78 Å². The van der Waals surface area contributed by atoms with E-state index in [-0.39, 0.29) is 17.2 Å². The van der Waals surface area contributed by atoms with Crippen LogP contribution in [-0.4, -0.2) is 15.9 Å². The predicted molar refractivity (Wildman–Crippen MR) is 128 cm³/mol. The molecule has 31 heavy (non-hydrogen) atoms. The number of rotatable bonds is 5. The van der Waals surface area contributed by atoms with E-state index in [1.54, 1.807) is 0 Å². The molecule has 2 aromatic heterocycles. The first kappa shape index (κ1) is 20.9. The van der Waals surface area contributed by atoms with Gasteiger partial charge in [-0.25, -0.2) is 0 Å². The van der Waals surface area contributed by atoms with Gasteiger partial charge in [-0.2, -0.15) is 0 Å². The lowest BCUT2D eigenvalue weighted by Crippen LogP contribution is -2.17. The highest BCUT2D eigenvalue weighted by atomic mass is 16.1. The molecule has 2 aromatic carbocycles. The van der Waals surface area contributed by atoms with Crippen molar-refractivity contribution in [3.8, 4) is 0 Å². The first-order valence-corrected chi connectivity index (χ1v) is 10.7. The van der Waals surface area contributed by atoms with E-state index in [1.807, 2.05) is 49.6 Å². The molecule has 4 rings (SSSR count). The van der Waals surface area contributed by atoms with Crippen LogP contribution in [0.5, 0.6) is 0 Å². The van der Waals surface area contributed by atoms with Crippen molar-refractivity contribution in [1.29, 1.82) is 0 Å². The minimum atomic E-state index is -0.0573. The van der Waals surface area contributed by atoms with Gasteiger partial charge in [-0.15, -0.1) is 0 Å². The Kier molecular flexibility index (Phi) is 5.64. The zero-order chi connectivity index (χ0) is 22.0. The minimum Gasteiger partial charge on any atom is -0.361 e. The molecule has 0 spiro atoms. The van der Waals surface area contributed by atoms with Crippen LogP contribution in [-0.2, 0) is 10.2 Å². The Labute approximate surface area is 183 Å². The molecule has 0 saturated carbocycles. The van der Waals surface area contributed by atoms with Gasteiger partial charge >= 0.3 is 0 Å². The van der Waals surface area contributed by atoms with Crippen molar-refractivity contribution in [3.05, 3.63) is 95.4 Å². The summed E-state index contributed by atoms with van der Waals surface area (Å²) in [5.41, 5.74) is 6.37. The molecule has 0 aliphatic carbocycles. The molecule has 158 valence electrons. The molecule has 0 aliphatic heterocycles. The molecule has 0 bridgehead atoms. The van der Waals surface area contributed by atoms with E-state index in [9.17, 15) is 4.79 Å². The lowest BCUT2D eigenvalue weighted by molar-refractivity contribution is -0.116. The van der Waals surface area contributed by atoms with Crippen molar-refractivity contribution in [2.45, 2.75) is 45.4 Å². The van der Waals surface area contributed by atoms with Gasteiger partial charge in [0, 0.05) is 47.0 Å². The summed E-state index contributed by atoms with van der Waals surface area (Å²) < 4.78 is 0. The van der Waals surface area contributed by atoms with Crippen molar-refractivity contribution < 1.29 is 4.79 Å². The Hall–Kier alpha value is -3.40. The first-order valence-electron chi connectivity index (χ1n) is 10.7. The standard InChI is InChI=1S/C27H29N3O/c1-18-5-6-21(17-29-18)24(19-7-9-22(10-8-19)27(2,3)4)16-26(31)30-23-11-12-25-20(15-23)13-14-28-25/h5-15,17,24,28H,16H2,1-4H3,(H,30,31). The van der Waals surface area contributed by atoms with Crippen molar-refractivity contribution in [1.82, 2.24) is 9.97 Å². The van der Waals surface area contributed by atoms with E-state index < -0.39 is 0 Å². The van der Waals surface area contributed by atoms with Crippen molar-refractivity contribution in [3.63, 3.8) is 0 Å². The normalized spacial score (nSPS) is 12.6. The molecule has 0 aliphatic rings. The topological polar surface area (TPSA) is 57.8 Å². The number of benzene rings is 2. The highest BCUT2D eigenvalue weighted by Gasteiger charge is 2.20. The second kappa shape index (κ2) is 8.38. The maximum atomic E-state index is 13.0. The molecule has 2 heterocycles. The molecule has 0 fully saturated rings.